The van der Waals surface area contributed by atoms with E-state index < -0.39 is 0 Å². The van der Waals surface area contributed by atoms with Crippen LogP contribution in [-0.4, -0.2) is 23.5 Å². The number of rotatable bonds is 3. The molecular formula is C13H19N3O. The van der Waals surface area contributed by atoms with Crippen molar-refractivity contribution < 1.29 is 4.79 Å². The topological polar surface area (TPSA) is 54.0 Å². The fourth-order valence-corrected chi connectivity index (χ4v) is 2.11. The van der Waals surface area contributed by atoms with Gasteiger partial charge < -0.3 is 10.6 Å². The molecule has 1 amide bonds. The molecule has 17 heavy (non-hydrogen) atoms. The van der Waals surface area contributed by atoms with Crippen molar-refractivity contribution in [3.8, 4) is 0 Å². The molecule has 0 saturated carbocycles. The largest absolute Gasteiger partial charge is 0.348 e. The van der Waals surface area contributed by atoms with Gasteiger partial charge in [0.25, 0.3) is 0 Å². The molecule has 4 heteroatoms. The molecule has 2 N–H and O–H groups in total. The highest BCUT2D eigenvalue weighted by Gasteiger charge is 2.21. The summed E-state index contributed by atoms with van der Waals surface area (Å²) in [5.74, 6) is 0.0982. The monoisotopic (exact) mass is 233 g/mol. The highest BCUT2D eigenvalue weighted by atomic mass is 16.2. The molecule has 1 saturated heterocycles. The van der Waals surface area contributed by atoms with E-state index in [1.54, 1.807) is 12.4 Å². The Morgan fingerprint density at radius 1 is 1.59 bits per heavy atom. The first-order valence-corrected chi connectivity index (χ1v) is 6.21. The van der Waals surface area contributed by atoms with Crippen LogP contribution in [0.5, 0.6) is 0 Å². The lowest BCUT2D eigenvalue weighted by Crippen LogP contribution is -2.47. The third-order valence-electron chi connectivity index (χ3n) is 3.17. The Bertz CT molecular complexity index is 360. The Morgan fingerprint density at radius 3 is 3.12 bits per heavy atom. The zero-order valence-corrected chi connectivity index (χ0v) is 10.1. The smallest absolute Gasteiger partial charge is 0.237 e. The molecule has 2 heterocycles. The first-order chi connectivity index (χ1) is 8.27. The molecule has 0 unspecified atom stereocenters. The summed E-state index contributed by atoms with van der Waals surface area (Å²) in [6.07, 6.45) is 6.76. The molecule has 1 fully saturated rings. The van der Waals surface area contributed by atoms with Gasteiger partial charge in [-0.05, 0) is 37.9 Å². The van der Waals surface area contributed by atoms with Gasteiger partial charge in [-0.15, -0.1) is 0 Å². The van der Waals surface area contributed by atoms with E-state index in [4.69, 9.17) is 0 Å². The molecule has 0 aliphatic carbocycles. The molecule has 0 aromatic carbocycles. The number of pyridine rings is 1. The van der Waals surface area contributed by atoms with Gasteiger partial charge in [0, 0.05) is 12.4 Å². The highest BCUT2D eigenvalue weighted by molar-refractivity contribution is 5.82. The first kappa shape index (κ1) is 12.0. The van der Waals surface area contributed by atoms with Gasteiger partial charge in [0.15, 0.2) is 0 Å². The van der Waals surface area contributed by atoms with E-state index in [-0.39, 0.29) is 18.0 Å². The van der Waals surface area contributed by atoms with E-state index in [0.29, 0.717) is 0 Å². The maximum Gasteiger partial charge on any atom is 0.237 e. The van der Waals surface area contributed by atoms with Gasteiger partial charge >= 0.3 is 0 Å². The number of aromatic nitrogens is 1. The molecule has 2 atom stereocenters. The van der Waals surface area contributed by atoms with Crippen LogP contribution in [0, 0.1) is 0 Å². The van der Waals surface area contributed by atoms with Crippen molar-refractivity contribution in [2.24, 2.45) is 0 Å². The van der Waals surface area contributed by atoms with Gasteiger partial charge in [-0.25, -0.2) is 0 Å². The molecule has 1 aromatic rings. The molecule has 1 aromatic heterocycles. The Balaban J connectivity index is 1.89. The van der Waals surface area contributed by atoms with Gasteiger partial charge in [0.1, 0.15) is 0 Å². The van der Waals surface area contributed by atoms with Gasteiger partial charge in [-0.1, -0.05) is 12.5 Å². The molecular weight excluding hydrogens is 214 g/mol. The maximum absolute atomic E-state index is 12.0. The van der Waals surface area contributed by atoms with Gasteiger partial charge in [-0.2, -0.15) is 0 Å². The number of nitrogens with zero attached hydrogens (tertiary/aromatic N) is 1. The van der Waals surface area contributed by atoms with Crippen molar-refractivity contribution in [3.05, 3.63) is 30.1 Å². The number of hydrogen-bond donors (Lipinski definition) is 2. The third kappa shape index (κ3) is 3.27. The average molecular weight is 233 g/mol. The van der Waals surface area contributed by atoms with Crippen LogP contribution < -0.4 is 10.6 Å². The number of hydrogen-bond acceptors (Lipinski definition) is 3. The number of carbonyl (C=O) groups excluding carboxylic acids is 1. The van der Waals surface area contributed by atoms with E-state index in [2.05, 4.69) is 15.6 Å². The van der Waals surface area contributed by atoms with E-state index in [0.717, 1.165) is 24.9 Å². The number of piperidine rings is 1. The summed E-state index contributed by atoms with van der Waals surface area (Å²) < 4.78 is 0. The summed E-state index contributed by atoms with van der Waals surface area (Å²) in [6, 6.07) is 3.85. The van der Waals surface area contributed by atoms with Crippen LogP contribution >= 0.6 is 0 Å². The summed E-state index contributed by atoms with van der Waals surface area (Å²) in [5.41, 5.74) is 1.04. The molecule has 1 aliphatic rings. The lowest BCUT2D eigenvalue weighted by atomic mass is 10.0. The predicted octanol–water partition coefficient (Wildman–Crippen LogP) is 1.40. The molecule has 4 nitrogen and oxygen atoms in total. The van der Waals surface area contributed by atoms with Crippen molar-refractivity contribution in [1.29, 1.82) is 0 Å². The van der Waals surface area contributed by atoms with Gasteiger partial charge in [0.05, 0.1) is 12.1 Å². The number of carbonyl (C=O) groups is 1. The summed E-state index contributed by atoms with van der Waals surface area (Å²) in [7, 11) is 0. The van der Waals surface area contributed by atoms with Crippen molar-refractivity contribution >= 4 is 5.91 Å². The van der Waals surface area contributed by atoms with Crippen LogP contribution in [0.25, 0.3) is 0 Å². The van der Waals surface area contributed by atoms with E-state index in [1.807, 2.05) is 19.1 Å². The first-order valence-electron chi connectivity index (χ1n) is 6.21. The standard InChI is InChI=1S/C13H19N3O/c1-10(11-5-4-7-14-9-11)16-13(17)12-6-2-3-8-15-12/h4-5,7,9-10,12,15H,2-3,6,8H2,1H3,(H,16,17)/t10-,12-/m1/s1. The normalized spacial score (nSPS) is 21.8. The fraction of sp³-hybridized carbons (Fsp3) is 0.538. The molecule has 92 valence electrons. The Labute approximate surface area is 102 Å². The molecule has 0 spiro atoms. The minimum Gasteiger partial charge on any atom is -0.348 e. The molecule has 0 radical (unpaired) electrons. The number of amides is 1. The summed E-state index contributed by atoms with van der Waals surface area (Å²) in [4.78, 5) is 16.0. The van der Waals surface area contributed by atoms with Crippen molar-refractivity contribution in [3.63, 3.8) is 0 Å². The van der Waals surface area contributed by atoms with Crippen molar-refractivity contribution in [2.75, 3.05) is 6.54 Å². The summed E-state index contributed by atoms with van der Waals surface area (Å²) in [6.45, 7) is 2.93. The van der Waals surface area contributed by atoms with Crippen LogP contribution in [0.4, 0.5) is 0 Å². The van der Waals surface area contributed by atoms with Crippen LogP contribution in [-0.2, 0) is 4.79 Å². The van der Waals surface area contributed by atoms with Crippen molar-refractivity contribution in [1.82, 2.24) is 15.6 Å². The second-order valence-corrected chi connectivity index (χ2v) is 4.52. The second kappa shape index (κ2) is 5.77. The third-order valence-corrected chi connectivity index (χ3v) is 3.17. The molecule has 1 aliphatic heterocycles. The van der Waals surface area contributed by atoms with E-state index >= 15 is 0 Å². The number of nitrogens with one attached hydrogen (secondary N) is 2. The quantitative estimate of drug-likeness (QED) is 0.829. The predicted molar refractivity (Wildman–Crippen MR) is 66.4 cm³/mol. The fourth-order valence-electron chi connectivity index (χ4n) is 2.11. The molecule has 0 bridgehead atoms. The van der Waals surface area contributed by atoms with E-state index in [9.17, 15) is 4.79 Å². The second-order valence-electron chi connectivity index (χ2n) is 4.52. The lowest BCUT2D eigenvalue weighted by Gasteiger charge is -2.24. The minimum atomic E-state index is -0.0251. The minimum absolute atomic E-state index is 0.0138. The molecule has 2 rings (SSSR count). The summed E-state index contributed by atoms with van der Waals surface area (Å²) in [5, 5.41) is 6.27. The van der Waals surface area contributed by atoms with Gasteiger partial charge in [0.2, 0.25) is 5.91 Å². The Hall–Kier alpha value is -1.42. The summed E-state index contributed by atoms with van der Waals surface area (Å²) >= 11 is 0. The van der Waals surface area contributed by atoms with Crippen molar-refractivity contribution in [2.45, 2.75) is 38.3 Å². The lowest BCUT2D eigenvalue weighted by molar-refractivity contribution is -0.124. The zero-order chi connectivity index (χ0) is 12.1. The van der Waals surface area contributed by atoms with Crippen LogP contribution in [0.2, 0.25) is 0 Å². The zero-order valence-electron chi connectivity index (χ0n) is 10.1. The maximum atomic E-state index is 12.0. The highest BCUT2D eigenvalue weighted by Crippen LogP contribution is 2.12. The van der Waals surface area contributed by atoms with Crippen LogP contribution in [0.15, 0.2) is 24.5 Å². The van der Waals surface area contributed by atoms with Gasteiger partial charge in [-0.3, -0.25) is 9.78 Å². The Kier molecular flexibility index (Phi) is 4.09. The van der Waals surface area contributed by atoms with Crippen LogP contribution in [0.3, 0.4) is 0 Å². The SMILES string of the molecule is C[C@@H](NC(=O)[C@H]1CCCCN1)c1cccnc1. The average Bonchev–Trinajstić information content (AvgIpc) is 2.40. The van der Waals surface area contributed by atoms with Crippen LogP contribution in [0.1, 0.15) is 37.8 Å². The van der Waals surface area contributed by atoms with E-state index in [1.165, 1.54) is 6.42 Å². The Morgan fingerprint density at radius 2 is 2.47 bits per heavy atom.